The first-order valence-electron chi connectivity index (χ1n) is 4.98. The van der Waals surface area contributed by atoms with Gasteiger partial charge in [-0.1, -0.05) is 6.07 Å². The van der Waals surface area contributed by atoms with Gasteiger partial charge >= 0.3 is 5.97 Å². The molecule has 4 nitrogen and oxygen atoms in total. The van der Waals surface area contributed by atoms with E-state index in [2.05, 4.69) is 9.97 Å². The molecule has 0 atom stereocenters. The van der Waals surface area contributed by atoms with E-state index in [1.165, 1.54) is 6.20 Å². The molecule has 2 heterocycles. The lowest BCUT2D eigenvalue weighted by molar-refractivity contribution is 0.0696. The minimum atomic E-state index is -0.957. The Morgan fingerprint density at radius 1 is 1.24 bits per heavy atom. The van der Waals surface area contributed by atoms with Crippen molar-refractivity contribution in [3.8, 4) is 0 Å². The quantitative estimate of drug-likeness (QED) is 0.839. The number of hydrogen-bond acceptors (Lipinski definition) is 4. The number of aromatic carboxylic acids is 1. The molecule has 0 saturated carbocycles. The van der Waals surface area contributed by atoms with Crippen LogP contribution in [0.15, 0.2) is 47.8 Å². The van der Waals surface area contributed by atoms with Gasteiger partial charge in [0.2, 0.25) is 0 Å². The van der Waals surface area contributed by atoms with Crippen molar-refractivity contribution in [1.82, 2.24) is 9.97 Å². The summed E-state index contributed by atoms with van der Waals surface area (Å²) in [6.07, 6.45) is 3.11. The van der Waals surface area contributed by atoms with Gasteiger partial charge in [0.25, 0.3) is 0 Å². The van der Waals surface area contributed by atoms with Crippen molar-refractivity contribution < 1.29 is 9.90 Å². The fraction of sp³-hybridized carbons (Fsp3) is 0.0833. The number of nitrogens with zero attached hydrogens (tertiary/aromatic N) is 2. The maximum Gasteiger partial charge on any atom is 0.337 e. The summed E-state index contributed by atoms with van der Waals surface area (Å²) in [4.78, 5) is 18.9. The van der Waals surface area contributed by atoms with Crippen molar-refractivity contribution >= 4 is 17.7 Å². The molecule has 2 rings (SSSR count). The molecule has 0 spiro atoms. The zero-order chi connectivity index (χ0) is 12.1. The molecule has 0 aromatic carbocycles. The Balaban J connectivity index is 1.98. The van der Waals surface area contributed by atoms with E-state index in [-0.39, 0.29) is 5.56 Å². The molecule has 17 heavy (non-hydrogen) atoms. The van der Waals surface area contributed by atoms with E-state index in [0.717, 1.165) is 10.7 Å². The Labute approximate surface area is 103 Å². The van der Waals surface area contributed by atoms with Gasteiger partial charge in [-0.05, 0) is 24.3 Å². The Hall–Kier alpha value is -1.88. The Morgan fingerprint density at radius 3 is 2.71 bits per heavy atom. The summed E-state index contributed by atoms with van der Waals surface area (Å²) in [7, 11) is 0. The number of carboxylic acids is 1. The fourth-order valence-corrected chi connectivity index (χ4v) is 1.99. The highest BCUT2D eigenvalue weighted by Crippen LogP contribution is 2.18. The lowest BCUT2D eigenvalue weighted by Crippen LogP contribution is -1.98. The summed E-state index contributed by atoms with van der Waals surface area (Å²) in [6.45, 7) is 0. The summed E-state index contributed by atoms with van der Waals surface area (Å²) in [5, 5.41) is 9.66. The number of carbonyl (C=O) groups is 1. The van der Waals surface area contributed by atoms with Gasteiger partial charge < -0.3 is 5.11 Å². The summed E-state index contributed by atoms with van der Waals surface area (Å²) < 4.78 is 0. The van der Waals surface area contributed by atoms with E-state index >= 15 is 0 Å². The molecule has 0 bridgehead atoms. The SMILES string of the molecule is O=C(O)c1ccc(CSc2ccccn2)nc1. The average Bonchev–Trinajstić information content (AvgIpc) is 2.38. The fourth-order valence-electron chi connectivity index (χ4n) is 1.22. The second-order valence-corrected chi connectivity index (χ2v) is 4.30. The number of aromatic nitrogens is 2. The van der Waals surface area contributed by atoms with Crippen LogP contribution in [0.1, 0.15) is 16.1 Å². The van der Waals surface area contributed by atoms with Gasteiger partial charge in [0.05, 0.1) is 16.3 Å². The largest absolute Gasteiger partial charge is 0.478 e. The third kappa shape index (κ3) is 3.29. The van der Waals surface area contributed by atoms with Crippen LogP contribution in [0.4, 0.5) is 0 Å². The standard InChI is InChI=1S/C12H10N2O2S/c15-12(16)9-4-5-10(14-7-9)8-17-11-3-1-2-6-13-11/h1-7H,8H2,(H,15,16). The summed E-state index contributed by atoms with van der Waals surface area (Å²) in [5.74, 6) is -0.280. The molecule has 0 radical (unpaired) electrons. The normalized spacial score (nSPS) is 10.1. The first kappa shape index (κ1) is 11.6. The summed E-state index contributed by atoms with van der Waals surface area (Å²) in [6, 6.07) is 9.00. The summed E-state index contributed by atoms with van der Waals surface area (Å²) in [5.41, 5.74) is 1.04. The van der Waals surface area contributed by atoms with Crippen LogP contribution in [-0.2, 0) is 5.75 Å². The molecule has 0 saturated heterocycles. The number of rotatable bonds is 4. The van der Waals surface area contributed by atoms with E-state index in [1.807, 2.05) is 18.2 Å². The van der Waals surface area contributed by atoms with Crippen LogP contribution in [0.3, 0.4) is 0 Å². The Bertz CT molecular complexity index is 500. The van der Waals surface area contributed by atoms with Gasteiger partial charge in [-0.2, -0.15) is 0 Å². The number of thioether (sulfide) groups is 1. The highest BCUT2D eigenvalue weighted by Gasteiger charge is 2.03. The molecule has 0 unspecified atom stereocenters. The maximum absolute atomic E-state index is 10.6. The predicted molar refractivity (Wildman–Crippen MR) is 65.0 cm³/mol. The van der Waals surface area contributed by atoms with E-state index in [0.29, 0.717) is 5.75 Å². The van der Waals surface area contributed by atoms with Gasteiger partial charge in [0.15, 0.2) is 0 Å². The van der Waals surface area contributed by atoms with Crippen LogP contribution in [0.5, 0.6) is 0 Å². The van der Waals surface area contributed by atoms with Crippen LogP contribution in [0.2, 0.25) is 0 Å². The van der Waals surface area contributed by atoms with Gasteiger partial charge in [-0.15, -0.1) is 11.8 Å². The number of carboxylic acid groups (broad SMARTS) is 1. The zero-order valence-electron chi connectivity index (χ0n) is 8.91. The lowest BCUT2D eigenvalue weighted by Gasteiger charge is -2.00. The van der Waals surface area contributed by atoms with Crippen molar-refractivity contribution in [2.45, 2.75) is 10.8 Å². The average molecular weight is 246 g/mol. The Kier molecular flexibility index (Phi) is 3.72. The van der Waals surface area contributed by atoms with Crippen molar-refractivity contribution in [3.05, 3.63) is 54.0 Å². The molecular formula is C12H10N2O2S. The van der Waals surface area contributed by atoms with E-state index in [4.69, 9.17) is 5.11 Å². The van der Waals surface area contributed by atoms with Gasteiger partial charge in [0.1, 0.15) is 0 Å². The molecule has 86 valence electrons. The van der Waals surface area contributed by atoms with Crippen LogP contribution >= 0.6 is 11.8 Å². The van der Waals surface area contributed by atoms with Crippen LogP contribution < -0.4 is 0 Å². The van der Waals surface area contributed by atoms with Gasteiger partial charge in [-0.25, -0.2) is 9.78 Å². The molecule has 2 aromatic rings. The maximum atomic E-state index is 10.6. The van der Waals surface area contributed by atoms with Crippen LogP contribution in [0, 0.1) is 0 Å². The molecule has 0 aliphatic heterocycles. The third-order valence-corrected chi connectivity index (χ3v) is 3.05. The van der Waals surface area contributed by atoms with E-state index in [9.17, 15) is 4.79 Å². The molecule has 5 heteroatoms. The van der Waals surface area contributed by atoms with Gasteiger partial charge in [0, 0.05) is 18.1 Å². The molecule has 0 fully saturated rings. The first-order valence-corrected chi connectivity index (χ1v) is 5.96. The Morgan fingerprint density at radius 2 is 2.12 bits per heavy atom. The van der Waals surface area contributed by atoms with Crippen molar-refractivity contribution in [1.29, 1.82) is 0 Å². The predicted octanol–water partition coefficient (Wildman–Crippen LogP) is 2.47. The van der Waals surface area contributed by atoms with Crippen molar-refractivity contribution in [2.24, 2.45) is 0 Å². The highest BCUT2D eigenvalue weighted by molar-refractivity contribution is 7.98. The molecule has 0 aliphatic carbocycles. The van der Waals surface area contributed by atoms with Crippen LogP contribution in [0.25, 0.3) is 0 Å². The smallest absolute Gasteiger partial charge is 0.337 e. The first-order chi connectivity index (χ1) is 8.25. The van der Waals surface area contributed by atoms with E-state index < -0.39 is 5.97 Å². The number of hydrogen-bond donors (Lipinski definition) is 1. The minimum Gasteiger partial charge on any atom is -0.478 e. The zero-order valence-corrected chi connectivity index (χ0v) is 9.72. The molecular weight excluding hydrogens is 236 g/mol. The monoisotopic (exact) mass is 246 g/mol. The number of pyridine rings is 2. The van der Waals surface area contributed by atoms with Crippen molar-refractivity contribution in [3.63, 3.8) is 0 Å². The second kappa shape index (κ2) is 5.45. The summed E-state index contributed by atoms with van der Waals surface area (Å²) >= 11 is 1.57. The lowest BCUT2D eigenvalue weighted by atomic mass is 10.2. The van der Waals surface area contributed by atoms with E-state index in [1.54, 1.807) is 30.1 Å². The molecule has 2 aromatic heterocycles. The van der Waals surface area contributed by atoms with Crippen molar-refractivity contribution in [2.75, 3.05) is 0 Å². The minimum absolute atomic E-state index is 0.205. The molecule has 0 amide bonds. The highest BCUT2D eigenvalue weighted by atomic mass is 32.2. The second-order valence-electron chi connectivity index (χ2n) is 3.30. The third-order valence-electron chi connectivity index (χ3n) is 2.08. The van der Waals surface area contributed by atoms with Crippen LogP contribution in [-0.4, -0.2) is 21.0 Å². The molecule has 1 N–H and O–H groups in total. The molecule has 0 aliphatic rings. The topological polar surface area (TPSA) is 63.1 Å². The van der Waals surface area contributed by atoms with Gasteiger partial charge in [-0.3, -0.25) is 4.98 Å².